The lowest BCUT2D eigenvalue weighted by Gasteiger charge is -2.33. The van der Waals surface area contributed by atoms with Crippen LogP contribution in [0.3, 0.4) is 0 Å². The molecule has 0 spiro atoms. The Labute approximate surface area is 97.7 Å². The summed E-state index contributed by atoms with van der Waals surface area (Å²) in [5.41, 5.74) is 3.09. The van der Waals surface area contributed by atoms with Crippen LogP contribution in [-0.4, -0.2) is 74.6 Å². The summed E-state index contributed by atoms with van der Waals surface area (Å²) in [5, 5.41) is 2.12. The number of carbonyl (C=O) groups excluding carboxylic acids is 1. The molecule has 1 N–H and O–H groups in total. The van der Waals surface area contributed by atoms with E-state index in [0.717, 1.165) is 32.7 Å². The second kappa shape index (κ2) is 6.62. The Bertz CT molecular complexity index is 244. The molecule has 1 saturated heterocycles. The summed E-state index contributed by atoms with van der Waals surface area (Å²) >= 11 is 0. The second-order valence-electron chi connectivity index (χ2n) is 4.20. The van der Waals surface area contributed by atoms with Crippen molar-refractivity contribution in [3.8, 4) is 0 Å². The molecule has 16 heavy (non-hydrogen) atoms. The number of carbonyl (C=O) groups is 1. The summed E-state index contributed by atoms with van der Waals surface area (Å²) in [7, 11) is 5.88. The molecular formula is C11H22N4O. The van der Waals surface area contributed by atoms with Gasteiger partial charge in [0.05, 0.1) is 0 Å². The van der Waals surface area contributed by atoms with Gasteiger partial charge >= 0.3 is 0 Å². The van der Waals surface area contributed by atoms with Gasteiger partial charge in [0.1, 0.15) is 0 Å². The van der Waals surface area contributed by atoms with Crippen molar-refractivity contribution in [2.45, 2.75) is 0 Å². The molecule has 1 amide bonds. The van der Waals surface area contributed by atoms with Crippen LogP contribution in [0.1, 0.15) is 0 Å². The SMILES string of the molecule is CNN1CCN(C(=O)/C=C/CN(C)C)CC1. The molecular weight excluding hydrogens is 204 g/mol. The van der Waals surface area contributed by atoms with Gasteiger partial charge in [0.25, 0.3) is 0 Å². The van der Waals surface area contributed by atoms with E-state index in [4.69, 9.17) is 0 Å². The molecule has 0 atom stereocenters. The van der Waals surface area contributed by atoms with Crippen LogP contribution in [0.2, 0.25) is 0 Å². The lowest BCUT2D eigenvalue weighted by Crippen LogP contribution is -2.52. The van der Waals surface area contributed by atoms with E-state index in [9.17, 15) is 4.79 Å². The fourth-order valence-electron chi connectivity index (χ4n) is 1.62. The van der Waals surface area contributed by atoms with Crippen LogP contribution in [0.25, 0.3) is 0 Å². The summed E-state index contributed by atoms with van der Waals surface area (Å²) in [6, 6.07) is 0. The van der Waals surface area contributed by atoms with E-state index in [1.165, 1.54) is 0 Å². The Morgan fingerprint density at radius 2 is 1.94 bits per heavy atom. The molecule has 0 aromatic carbocycles. The van der Waals surface area contributed by atoms with Crippen molar-refractivity contribution in [1.82, 2.24) is 20.2 Å². The first-order chi connectivity index (χ1) is 7.63. The lowest BCUT2D eigenvalue weighted by molar-refractivity contribution is -0.128. The molecule has 1 aliphatic heterocycles. The molecule has 5 heteroatoms. The van der Waals surface area contributed by atoms with Crippen LogP contribution >= 0.6 is 0 Å². The minimum Gasteiger partial charge on any atom is -0.336 e. The number of nitrogens with one attached hydrogen (secondary N) is 1. The molecule has 1 fully saturated rings. The maximum absolute atomic E-state index is 11.8. The van der Waals surface area contributed by atoms with Crippen LogP contribution in [0.4, 0.5) is 0 Å². The van der Waals surface area contributed by atoms with Crippen LogP contribution in [0.5, 0.6) is 0 Å². The smallest absolute Gasteiger partial charge is 0.246 e. The Morgan fingerprint density at radius 3 is 2.44 bits per heavy atom. The number of piperazine rings is 1. The van der Waals surface area contributed by atoms with Gasteiger partial charge in [-0.05, 0) is 21.1 Å². The van der Waals surface area contributed by atoms with Crippen molar-refractivity contribution in [2.75, 3.05) is 53.9 Å². The zero-order chi connectivity index (χ0) is 12.0. The summed E-state index contributed by atoms with van der Waals surface area (Å²) in [4.78, 5) is 15.7. The summed E-state index contributed by atoms with van der Waals surface area (Å²) in [6.07, 6.45) is 3.59. The highest BCUT2D eigenvalue weighted by Gasteiger charge is 2.18. The normalized spacial score (nSPS) is 18.6. The van der Waals surface area contributed by atoms with Crippen LogP contribution in [0.15, 0.2) is 12.2 Å². The highest BCUT2D eigenvalue weighted by atomic mass is 16.2. The number of amides is 1. The van der Waals surface area contributed by atoms with Crippen molar-refractivity contribution >= 4 is 5.91 Å². The quantitative estimate of drug-likeness (QED) is 0.649. The Balaban J connectivity index is 2.30. The van der Waals surface area contributed by atoms with E-state index in [-0.39, 0.29) is 5.91 Å². The van der Waals surface area contributed by atoms with Gasteiger partial charge in [-0.1, -0.05) is 6.08 Å². The zero-order valence-corrected chi connectivity index (χ0v) is 10.4. The third kappa shape index (κ3) is 4.30. The molecule has 0 radical (unpaired) electrons. The van der Waals surface area contributed by atoms with Crippen molar-refractivity contribution in [1.29, 1.82) is 0 Å². The zero-order valence-electron chi connectivity index (χ0n) is 10.4. The predicted octanol–water partition coefficient (Wildman–Crippen LogP) is -0.617. The van der Waals surface area contributed by atoms with E-state index in [1.54, 1.807) is 6.08 Å². The van der Waals surface area contributed by atoms with Gasteiger partial charge in [0.15, 0.2) is 0 Å². The van der Waals surface area contributed by atoms with E-state index in [0.29, 0.717) is 0 Å². The summed E-state index contributed by atoms with van der Waals surface area (Å²) < 4.78 is 0. The standard InChI is InChI=1S/C11H22N4O/c1-12-15-9-7-14(8-10-15)11(16)5-4-6-13(2)3/h4-5,12H,6-10H2,1-3H3/b5-4+. The third-order valence-corrected chi connectivity index (χ3v) is 2.64. The third-order valence-electron chi connectivity index (χ3n) is 2.64. The monoisotopic (exact) mass is 226 g/mol. The first kappa shape index (κ1) is 13.2. The predicted molar refractivity (Wildman–Crippen MR) is 64.9 cm³/mol. The van der Waals surface area contributed by atoms with Gasteiger partial charge < -0.3 is 9.80 Å². The Hall–Kier alpha value is -0.910. The number of hydrogen-bond acceptors (Lipinski definition) is 4. The molecule has 5 nitrogen and oxygen atoms in total. The van der Waals surface area contributed by atoms with Crippen LogP contribution in [0, 0.1) is 0 Å². The average molecular weight is 226 g/mol. The summed E-state index contributed by atoms with van der Waals surface area (Å²) in [5.74, 6) is 0.123. The van der Waals surface area contributed by atoms with E-state index < -0.39 is 0 Å². The van der Waals surface area contributed by atoms with Crippen LogP contribution in [-0.2, 0) is 4.79 Å². The number of nitrogens with zero attached hydrogens (tertiary/aromatic N) is 3. The molecule has 0 unspecified atom stereocenters. The van der Waals surface area contributed by atoms with Gasteiger partial charge in [-0.25, -0.2) is 5.01 Å². The number of hydrogen-bond donors (Lipinski definition) is 1. The molecule has 1 rings (SSSR count). The molecule has 0 bridgehead atoms. The first-order valence-electron chi connectivity index (χ1n) is 5.66. The van der Waals surface area contributed by atoms with Gasteiger partial charge in [0.2, 0.25) is 5.91 Å². The maximum atomic E-state index is 11.8. The average Bonchev–Trinajstić information content (AvgIpc) is 2.28. The lowest BCUT2D eigenvalue weighted by atomic mass is 10.3. The number of likely N-dealkylation sites (N-methyl/N-ethyl adjacent to an activating group) is 1. The maximum Gasteiger partial charge on any atom is 0.246 e. The highest BCUT2D eigenvalue weighted by molar-refractivity contribution is 5.87. The largest absolute Gasteiger partial charge is 0.336 e. The molecule has 0 aromatic rings. The Kier molecular flexibility index (Phi) is 5.45. The molecule has 1 aliphatic rings. The van der Waals surface area contributed by atoms with E-state index in [2.05, 4.69) is 10.4 Å². The van der Waals surface area contributed by atoms with Gasteiger partial charge in [-0.2, -0.15) is 0 Å². The van der Waals surface area contributed by atoms with E-state index in [1.807, 2.05) is 37.0 Å². The molecule has 92 valence electrons. The highest BCUT2D eigenvalue weighted by Crippen LogP contribution is 2.00. The topological polar surface area (TPSA) is 38.8 Å². The minimum atomic E-state index is 0.123. The molecule has 0 aromatic heterocycles. The van der Waals surface area contributed by atoms with Crippen molar-refractivity contribution < 1.29 is 4.79 Å². The number of hydrazine groups is 1. The molecule has 0 aliphatic carbocycles. The first-order valence-corrected chi connectivity index (χ1v) is 5.66. The van der Waals surface area contributed by atoms with Gasteiger partial charge in [0, 0.05) is 38.8 Å². The van der Waals surface area contributed by atoms with Crippen molar-refractivity contribution in [3.63, 3.8) is 0 Å². The van der Waals surface area contributed by atoms with Crippen molar-refractivity contribution in [2.24, 2.45) is 0 Å². The van der Waals surface area contributed by atoms with Gasteiger partial charge in [-0.15, -0.1) is 0 Å². The number of rotatable bonds is 4. The van der Waals surface area contributed by atoms with E-state index >= 15 is 0 Å². The minimum absolute atomic E-state index is 0.123. The molecule has 1 heterocycles. The van der Waals surface area contributed by atoms with Crippen LogP contribution < -0.4 is 5.43 Å². The van der Waals surface area contributed by atoms with Gasteiger partial charge in [-0.3, -0.25) is 10.2 Å². The van der Waals surface area contributed by atoms with Crippen molar-refractivity contribution in [3.05, 3.63) is 12.2 Å². The fourth-order valence-corrected chi connectivity index (χ4v) is 1.62. The Morgan fingerprint density at radius 1 is 1.31 bits per heavy atom. The second-order valence-corrected chi connectivity index (χ2v) is 4.20. The summed E-state index contributed by atoms with van der Waals surface area (Å²) in [6.45, 7) is 4.19. The molecule has 0 saturated carbocycles. The fraction of sp³-hybridized carbons (Fsp3) is 0.727.